The number of likely N-dealkylation sites (N-methyl/N-ethyl adjacent to an activating group) is 1. The van der Waals surface area contributed by atoms with Crippen molar-refractivity contribution >= 4 is 22.9 Å². The zero-order chi connectivity index (χ0) is 10.0. The zero-order valence-electron chi connectivity index (χ0n) is 8.75. The molecule has 0 fully saturated rings. The fourth-order valence-corrected chi connectivity index (χ4v) is 3.14. The lowest BCUT2D eigenvalue weighted by atomic mass is 10.2. The van der Waals surface area contributed by atoms with Crippen LogP contribution in [0.5, 0.6) is 0 Å². The Bertz CT molecular complexity index is 350. The van der Waals surface area contributed by atoms with E-state index in [9.17, 15) is 0 Å². The van der Waals surface area contributed by atoms with E-state index in [0.717, 1.165) is 21.9 Å². The van der Waals surface area contributed by atoms with Crippen molar-refractivity contribution in [3.8, 4) is 0 Å². The topological polar surface area (TPSA) is 0 Å². The molecule has 0 spiro atoms. The summed E-state index contributed by atoms with van der Waals surface area (Å²) >= 11 is 7.63. The lowest BCUT2D eigenvalue weighted by molar-refractivity contribution is -0.917. The monoisotopic (exact) mass is 355 g/mol. The molecule has 1 atom stereocenters. The average molecular weight is 356 g/mol. The molecule has 84 valence electrons. The first-order valence-corrected chi connectivity index (χ1v) is 6.10. The second kappa shape index (κ2) is 5.66. The smallest absolute Gasteiger partial charge is 0.114 e. The van der Waals surface area contributed by atoms with E-state index in [1.165, 1.54) is 17.8 Å². The van der Waals surface area contributed by atoms with E-state index < -0.39 is 0 Å². The van der Waals surface area contributed by atoms with E-state index in [0.29, 0.717) is 0 Å². The molecular weight excluding hydrogens is 341 g/mol. The molecule has 1 aromatic rings. The van der Waals surface area contributed by atoms with E-state index >= 15 is 0 Å². The van der Waals surface area contributed by atoms with Gasteiger partial charge in [0.25, 0.3) is 0 Å². The van der Waals surface area contributed by atoms with Crippen LogP contribution in [0, 0.1) is 0 Å². The predicted molar refractivity (Wildman–Crippen MR) is 62.7 cm³/mol. The fraction of sp³-hybridized carbons (Fsp3) is 0.455. The molecule has 0 aromatic carbocycles. The lowest BCUT2D eigenvalue weighted by Gasteiger charge is -2.34. The Balaban J connectivity index is 0.00000112. The van der Waals surface area contributed by atoms with Crippen molar-refractivity contribution in [1.29, 1.82) is 0 Å². The van der Waals surface area contributed by atoms with Gasteiger partial charge in [0.05, 0.1) is 29.4 Å². The number of quaternary nitrogens is 1. The van der Waals surface area contributed by atoms with Crippen molar-refractivity contribution in [2.45, 2.75) is 13.0 Å². The van der Waals surface area contributed by atoms with Crippen molar-refractivity contribution in [3.63, 3.8) is 0 Å². The lowest BCUT2D eigenvalue weighted by Crippen LogP contribution is -3.00. The molecule has 2 rings (SSSR count). The molecule has 1 aromatic heterocycles. The molecule has 15 heavy (non-hydrogen) atoms. The summed E-state index contributed by atoms with van der Waals surface area (Å²) in [4.78, 5) is 1.40. The predicted octanol–water partition coefficient (Wildman–Crippen LogP) is 0.312. The number of halogens is 2. The Labute approximate surface area is 117 Å². The molecule has 1 aliphatic heterocycles. The standard InChI is InChI=1S/C11H15ClNS.HI/c1-13(7-3-2-4-8-13)9-10-5-6-11(12)14-10;/h2-3,5-6H,4,7-9H2,1H3;1H/q+1;/p-1. The van der Waals surface area contributed by atoms with Crippen LogP contribution in [0.15, 0.2) is 24.3 Å². The Morgan fingerprint density at radius 1 is 1.40 bits per heavy atom. The van der Waals surface area contributed by atoms with Crippen LogP contribution >= 0.6 is 22.9 Å². The number of thiophene rings is 1. The Kier molecular flexibility index (Phi) is 5.09. The van der Waals surface area contributed by atoms with Crippen LogP contribution < -0.4 is 24.0 Å². The average Bonchev–Trinajstić information content (AvgIpc) is 2.51. The van der Waals surface area contributed by atoms with Crippen molar-refractivity contribution in [1.82, 2.24) is 0 Å². The van der Waals surface area contributed by atoms with Crippen molar-refractivity contribution < 1.29 is 28.5 Å². The van der Waals surface area contributed by atoms with Gasteiger partial charge in [-0.25, -0.2) is 0 Å². The van der Waals surface area contributed by atoms with Crippen LogP contribution in [0.4, 0.5) is 0 Å². The summed E-state index contributed by atoms with van der Waals surface area (Å²) in [6.45, 7) is 3.50. The first kappa shape index (κ1) is 13.5. The van der Waals surface area contributed by atoms with E-state index in [4.69, 9.17) is 11.6 Å². The summed E-state index contributed by atoms with van der Waals surface area (Å²) in [5.74, 6) is 0. The number of hydrogen-bond donors (Lipinski definition) is 0. The molecule has 0 radical (unpaired) electrons. The quantitative estimate of drug-likeness (QED) is 0.407. The molecule has 0 N–H and O–H groups in total. The highest BCUT2D eigenvalue weighted by molar-refractivity contribution is 7.16. The maximum absolute atomic E-state index is 5.92. The van der Waals surface area contributed by atoms with E-state index in [1.807, 2.05) is 6.07 Å². The molecule has 1 unspecified atom stereocenters. The van der Waals surface area contributed by atoms with Crippen LogP contribution in [0.2, 0.25) is 4.34 Å². The summed E-state index contributed by atoms with van der Waals surface area (Å²) in [5.41, 5.74) is 0. The number of nitrogens with zero attached hydrogens (tertiary/aromatic N) is 1. The van der Waals surface area contributed by atoms with Crippen molar-refractivity contribution in [2.75, 3.05) is 20.1 Å². The molecule has 1 nitrogen and oxygen atoms in total. The largest absolute Gasteiger partial charge is 1.00 e. The SMILES string of the molecule is C[N+]1(Cc2ccc(Cl)s2)CC=CCC1.[I-]. The second-order valence-corrected chi connectivity index (χ2v) is 5.95. The minimum Gasteiger partial charge on any atom is -1.00 e. The molecule has 0 saturated carbocycles. The van der Waals surface area contributed by atoms with Crippen molar-refractivity contribution in [3.05, 3.63) is 33.5 Å². The molecular formula is C11H15ClINS. The van der Waals surface area contributed by atoms with Crippen LogP contribution in [0.1, 0.15) is 11.3 Å². The van der Waals surface area contributed by atoms with Gasteiger partial charge in [-0.05, 0) is 18.2 Å². The van der Waals surface area contributed by atoms with Crippen molar-refractivity contribution in [2.24, 2.45) is 0 Å². The fourth-order valence-electron chi connectivity index (χ4n) is 1.88. The Morgan fingerprint density at radius 2 is 2.20 bits per heavy atom. The van der Waals surface area contributed by atoms with Gasteiger partial charge in [0.1, 0.15) is 6.54 Å². The highest BCUT2D eigenvalue weighted by Crippen LogP contribution is 2.25. The third kappa shape index (κ3) is 3.73. The molecule has 0 bridgehead atoms. The van der Waals surface area contributed by atoms with Gasteiger partial charge >= 0.3 is 0 Å². The summed E-state index contributed by atoms with van der Waals surface area (Å²) in [6, 6.07) is 4.14. The third-order valence-electron chi connectivity index (χ3n) is 2.71. The summed E-state index contributed by atoms with van der Waals surface area (Å²) in [7, 11) is 2.32. The number of hydrogen-bond acceptors (Lipinski definition) is 1. The van der Waals surface area contributed by atoms with Gasteiger partial charge in [-0.2, -0.15) is 0 Å². The van der Waals surface area contributed by atoms with Crippen LogP contribution in [0.25, 0.3) is 0 Å². The van der Waals surface area contributed by atoms with Gasteiger partial charge in [0, 0.05) is 6.42 Å². The Morgan fingerprint density at radius 3 is 2.73 bits per heavy atom. The van der Waals surface area contributed by atoms with Crippen LogP contribution in [0.3, 0.4) is 0 Å². The Hall–Kier alpha value is 0.420. The van der Waals surface area contributed by atoms with E-state index in [-0.39, 0.29) is 24.0 Å². The highest BCUT2D eigenvalue weighted by Gasteiger charge is 2.22. The second-order valence-electron chi connectivity index (χ2n) is 4.15. The van der Waals surface area contributed by atoms with E-state index in [2.05, 4.69) is 25.3 Å². The van der Waals surface area contributed by atoms with Gasteiger partial charge in [0.2, 0.25) is 0 Å². The van der Waals surface area contributed by atoms with Gasteiger partial charge in [-0.15, -0.1) is 11.3 Å². The first-order valence-electron chi connectivity index (χ1n) is 4.91. The molecule has 0 amide bonds. The highest BCUT2D eigenvalue weighted by atomic mass is 127. The van der Waals surface area contributed by atoms with Crippen LogP contribution in [-0.2, 0) is 6.54 Å². The van der Waals surface area contributed by atoms with Crippen LogP contribution in [-0.4, -0.2) is 24.6 Å². The summed E-state index contributed by atoms with van der Waals surface area (Å²) in [6.07, 6.45) is 5.77. The van der Waals surface area contributed by atoms with Gasteiger partial charge in [0.15, 0.2) is 0 Å². The molecule has 2 heterocycles. The molecule has 4 heteroatoms. The molecule has 0 saturated heterocycles. The molecule has 0 aliphatic carbocycles. The van der Waals surface area contributed by atoms with Gasteiger partial charge in [-0.3, -0.25) is 0 Å². The summed E-state index contributed by atoms with van der Waals surface area (Å²) < 4.78 is 2.02. The minimum atomic E-state index is 0. The third-order valence-corrected chi connectivity index (χ3v) is 3.93. The number of rotatable bonds is 2. The minimum absolute atomic E-state index is 0. The normalized spacial score (nSPS) is 24.9. The maximum atomic E-state index is 5.92. The zero-order valence-corrected chi connectivity index (χ0v) is 12.5. The van der Waals surface area contributed by atoms with Gasteiger partial charge < -0.3 is 28.5 Å². The maximum Gasteiger partial charge on any atom is 0.114 e. The van der Waals surface area contributed by atoms with E-state index in [1.54, 1.807) is 11.3 Å². The molecule has 1 aliphatic rings. The summed E-state index contributed by atoms with van der Waals surface area (Å²) in [5, 5.41) is 0. The first-order chi connectivity index (χ1) is 6.68. The van der Waals surface area contributed by atoms with Gasteiger partial charge in [-0.1, -0.05) is 17.7 Å².